The third-order valence-corrected chi connectivity index (χ3v) is 10.1. The van der Waals surface area contributed by atoms with E-state index in [4.69, 9.17) is 11.5 Å². The van der Waals surface area contributed by atoms with E-state index in [9.17, 15) is 77.3 Å². The Labute approximate surface area is 413 Å². The lowest BCUT2D eigenvalue weighted by Crippen LogP contribution is -2.60. The first-order valence-electron chi connectivity index (χ1n) is 21.7. The number of carboxylic acid groups (broad SMARTS) is 2. The van der Waals surface area contributed by atoms with E-state index in [-0.39, 0.29) is 42.6 Å². The van der Waals surface area contributed by atoms with Gasteiger partial charge in [-0.2, -0.15) is 25.3 Å². The molecule has 0 bridgehead atoms. The van der Waals surface area contributed by atoms with Gasteiger partial charge in [-0.05, 0) is 38.0 Å². The molecule has 0 spiro atoms. The van der Waals surface area contributed by atoms with Crippen LogP contribution in [0.1, 0.15) is 80.1 Å². The highest BCUT2D eigenvalue weighted by molar-refractivity contribution is 7.80. The number of amides is 12. The molecule has 16 N–H and O–H groups in total. The van der Waals surface area contributed by atoms with Crippen LogP contribution in [-0.2, 0) is 67.1 Å². The second-order valence-corrected chi connectivity index (χ2v) is 17.4. The predicted molar refractivity (Wildman–Crippen MR) is 252 cm³/mol. The van der Waals surface area contributed by atoms with Crippen LogP contribution in [0, 0.1) is 11.8 Å². The Balaban J connectivity index is 6.22. The number of nitrogens with one attached hydrogen (secondary N) is 10. The molecule has 0 aliphatic rings. The third kappa shape index (κ3) is 26.1. The molecule has 0 radical (unpaired) electrons. The first-order chi connectivity index (χ1) is 32.5. The zero-order chi connectivity index (χ0) is 54.0. The van der Waals surface area contributed by atoms with E-state index in [0.29, 0.717) is 0 Å². The molecule has 0 aromatic rings. The molecule has 0 aliphatic carbocycles. The maximum Gasteiger partial charge on any atom is 0.305 e. The number of aliphatic carboxylic acids is 2. The van der Waals surface area contributed by atoms with Crippen molar-refractivity contribution in [2.45, 2.75) is 128 Å². The number of hydrogen-bond donors (Lipinski definition) is 16. The Bertz CT molecular complexity index is 1940. The maximum atomic E-state index is 13.8. The van der Waals surface area contributed by atoms with Crippen LogP contribution >= 0.6 is 25.3 Å². The van der Waals surface area contributed by atoms with Crippen LogP contribution in [0.4, 0.5) is 0 Å². The molecular weight excluding hydrogens is 969 g/mol. The molecule has 0 saturated heterocycles. The Morgan fingerprint density at radius 1 is 0.457 bits per heavy atom. The normalized spacial score (nSPS) is 14.3. The molecule has 0 fully saturated rings. The van der Waals surface area contributed by atoms with E-state index >= 15 is 0 Å². The highest BCUT2D eigenvalue weighted by Gasteiger charge is 2.35. The maximum absolute atomic E-state index is 13.8. The van der Waals surface area contributed by atoms with Gasteiger partial charge in [0, 0.05) is 24.9 Å². The zero-order valence-electron chi connectivity index (χ0n) is 39.5. The monoisotopic (exact) mass is 1030 g/mol. The summed E-state index contributed by atoms with van der Waals surface area (Å²) in [7, 11) is 0. The molecule has 0 saturated carbocycles. The molecule has 30 heteroatoms. The van der Waals surface area contributed by atoms with Gasteiger partial charge in [0.2, 0.25) is 70.9 Å². The predicted octanol–water partition coefficient (Wildman–Crippen LogP) is -6.21. The number of carbonyl (C=O) groups is 14. The van der Waals surface area contributed by atoms with E-state index < -0.39 is 164 Å². The first-order valence-corrected chi connectivity index (χ1v) is 22.9. The number of carbonyl (C=O) groups excluding carboxylic acids is 12. The molecule has 0 unspecified atom stereocenters. The summed E-state index contributed by atoms with van der Waals surface area (Å²) in [4.78, 5) is 176. The Hall–Kier alpha value is -6.72. The molecule has 28 nitrogen and oxygen atoms in total. The highest BCUT2D eigenvalue weighted by atomic mass is 32.1. The van der Waals surface area contributed by atoms with Gasteiger partial charge in [-0.1, -0.05) is 27.7 Å². The lowest BCUT2D eigenvalue weighted by Gasteiger charge is -2.27. The van der Waals surface area contributed by atoms with Crippen molar-refractivity contribution in [2.24, 2.45) is 23.3 Å². The van der Waals surface area contributed by atoms with Gasteiger partial charge in [0.15, 0.2) is 0 Å². The molecule has 70 heavy (non-hydrogen) atoms. The van der Waals surface area contributed by atoms with Crippen LogP contribution in [0.2, 0.25) is 0 Å². The van der Waals surface area contributed by atoms with E-state index in [0.717, 1.165) is 13.8 Å². The molecule has 0 heterocycles. The number of thiol groups is 2. The molecule has 0 aliphatic heterocycles. The van der Waals surface area contributed by atoms with E-state index in [1.807, 2.05) is 0 Å². The van der Waals surface area contributed by atoms with Gasteiger partial charge in [0.05, 0.1) is 25.9 Å². The van der Waals surface area contributed by atoms with Gasteiger partial charge in [0.1, 0.15) is 48.3 Å². The number of nitrogens with two attached hydrogens (primary N) is 2. The second kappa shape index (κ2) is 32.2. The van der Waals surface area contributed by atoms with Crippen molar-refractivity contribution >= 4 is 108 Å². The second-order valence-electron chi connectivity index (χ2n) is 16.6. The number of hydrogen-bond acceptors (Lipinski definition) is 16. The fourth-order valence-electron chi connectivity index (χ4n) is 5.94. The third-order valence-electron chi connectivity index (χ3n) is 9.37. The van der Waals surface area contributed by atoms with Crippen LogP contribution in [0.5, 0.6) is 0 Å². The van der Waals surface area contributed by atoms with Gasteiger partial charge >= 0.3 is 11.9 Å². The van der Waals surface area contributed by atoms with Crippen LogP contribution in [0.25, 0.3) is 0 Å². The van der Waals surface area contributed by atoms with Crippen LogP contribution in [-0.4, -0.2) is 166 Å². The van der Waals surface area contributed by atoms with E-state index in [1.165, 1.54) is 0 Å². The Kier molecular flexibility index (Phi) is 29.1. The van der Waals surface area contributed by atoms with Crippen LogP contribution < -0.4 is 64.6 Å². The number of rotatable bonds is 33. The molecule has 0 rings (SSSR count). The van der Waals surface area contributed by atoms with Gasteiger partial charge in [-0.3, -0.25) is 67.1 Å². The minimum absolute atomic E-state index is 0.115. The summed E-state index contributed by atoms with van der Waals surface area (Å²) in [5.41, 5.74) is 10.4. The quantitative estimate of drug-likeness (QED) is 0.0272. The average Bonchev–Trinajstić information content (AvgIpc) is 3.24. The van der Waals surface area contributed by atoms with Gasteiger partial charge in [-0.15, -0.1) is 0 Å². The summed E-state index contributed by atoms with van der Waals surface area (Å²) < 4.78 is 0. The standard InChI is InChI=1S/C40H66N12O16S2/c1-17(2)9-22(38(66)45-19(5)34(62)49-24(11-31(57)58)35(63)43-14-30(56)48-26(15-69)33(42)61)51-40(68)25(12-32(59)60)52-39(67)23(10-18(3)4)50-37(65)21(7-8-28(41)54)47-29(55)13-44-36(64)27(16-70)46-20(6)53/h17-19,21-27,69-70H,7-16H2,1-6H3,(H2,41,54)(H2,42,61)(H,43,63)(H,44,64)(H,45,66)(H,46,53)(H,47,55)(H,48,56)(H,49,62)(H,50,65)(H,51,68)(H,52,67)(H,57,58)(H,59,60)/t19-,21-,22-,23-,24-,25-,26-,27-/m0/s1. The topological polar surface area (TPSA) is 452 Å². The fourth-order valence-corrected chi connectivity index (χ4v) is 6.47. The fraction of sp³-hybridized carbons (Fsp3) is 0.650. The Morgan fingerprint density at radius 3 is 1.23 bits per heavy atom. The van der Waals surface area contributed by atoms with Gasteiger partial charge in [-0.25, -0.2) is 0 Å². The average molecular weight is 1040 g/mol. The number of carboxylic acids is 2. The zero-order valence-corrected chi connectivity index (χ0v) is 41.3. The van der Waals surface area contributed by atoms with Gasteiger partial charge in [0.25, 0.3) is 0 Å². The minimum atomic E-state index is -1.88. The van der Waals surface area contributed by atoms with Crippen molar-refractivity contribution in [1.29, 1.82) is 0 Å². The summed E-state index contributed by atoms with van der Waals surface area (Å²) in [6.07, 6.45) is -3.04. The molecule has 12 amide bonds. The van der Waals surface area contributed by atoms with Crippen molar-refractivity contribution in [3.8, 4) is 0 Å². The van der Waals surface area contributed by atoms with Crippen LogP contribution in [0.15, 0.2) is 0 Å². The van der Waals surface area contributed by atoms with Crippen molar-refractivity contribution < 1.29 is 77.3 Å². The first kappa shape index (κ1) is 63.3. The molecule has 0 aromatic carbocycles. The minimum Gasteiger partial charge on any atom is -0.481 e. The Morgan fingerprint density at radius 2 is 0.829 bits per heavy atom. The van der Waals surface area contributed by atoms with Crippen molar-refractivity contribution in [2.75, 3.05) is 24.6 Å². The molecular formula is C40H66N12O16S2. The van der Waals surface area contributed by atoms with E-state index in [1.54, 1.807) is 27.7 Å². The lowest BCUT2D eigenvalue weighted by atomic mass is 10.0. The van der Waals surface area contributed by atoms with Crippen molar-refractivity contribution in [3.63, 3.8) is 0 Å². The molecule has 0 aromatic heterocycles. The summed E-state index contributed by atoms with van der Waals surface area (Å²) in [5.74, 6) is -15.5. The molecule has 394 valence electrons. The van der Waals surface area contributed by atoms with Gasteiger partial charge < -0.3 is 74.8 Å². The summed E-state index contributed by atoms with van der Waals surface area (Å²) >= 11 is 7.87. The number of primary amides is 2. The van der Waals surface area contributed by atoms with E-state index in [2.05, 4.69) is 78.4 Å². The van der Waals surface area contributed by atoms with Crippen LogP contribution in [0.3, 0.4) is 0 Å². The summed E-state index contributed by atoms with van der Waals surface area (Å²) in [6, 6.07) is -12.0. The largest absolute Gasteiger partial charge is 0.481 e. The molecule has 8 atom stereocenters. The van der Waals surface area contributed by atoms with Crippen molar-refractivity contribution in [1.82, 2.24) is 53.2 Å². The summed E-state index contributed by atoms with van der Waals surface area (Å²) in [5, 5.41) is 41.8. The summed E-state index contributed by atoms with van der Waals surface area (Å²) in [6.45, 7) is 7.50. The smallest absolute Gasteiger partial charge is 0.305 e. The lowest BCUT2D eigenvalue weighted by molar-refractivity contribution is -0.142. The SMILES string of the molecule is CC(=O)N[C@@H](CS)C(=O)NCC(=O)N[C@@H](CCC(N)=O)C(=O)N[C@@H](CC(C)C)C(=O)N[C@@H](CC(=O)O)C(=O)N[C@@H](CC(C)C)C(=O)N[C@@H](C)C(=O)N[C@@H](CC(=O)O)C(=O)NCC(=O)N[C@@H](CS)C(N)=O. The highest BCUT2D eigenvalue weighted by Crippen LogP contribution is 2.10. The van der Waals surface area contributed by atoms with Crippen molar-refractivity contribution in [3.05, 3.63) is 0 Å².